The molecule has 1 amide bonds. The van der Waals surface area contributed by atoms with Gasteiger partial charge in [-0.1, -0.05) is 6.07 Å². The third-order valence-electron chi connectivity index (χ3n) is 3.99. The zero-order valence-corrected chi connectivity index (χ0v) is 13.8. The Kier molecular flexibility index (Phi) is 5.90. The maximum absolute atomic E-state index is 13.2. The first-order valence-corrected chi connectivity index (χ1v) is 8.19. The lowest BCUT2D eigenvalue weighted by molar-refractivity contribution is -0.133. The van der Waals surface area contributed by atoms with Crippen molar-refractivity contribution in [1.82, 2.24) is 14.9 Å². The van der Waals surface area contributed by atoms with Crippen molar-refractivity contribution in [2.24, 2.45) is 5.92 Å². The van der Waals surface area contributed by atoms with Gasteiger partial charge in [-0.3, -0.25) is 4.79 Å². The molecule has 1 aliphatic heterocycles. The molecular formula is C18H20FN3O3. The van der Waals surface area contributed by atoms with E-state index < -0.39 is 5.82 Å². The van der Waals surface area contributed by atoms with Crippen LogP contribution < -0.4 is 4.74 Å². The number of halogens is 1. The number of carbonyl (C=O) groups excluding carboxylic acids is 1. The van der Waals surface area contributed by atoms with Gasteiger partial charge in [0.05, 0.1) is 13.2 Å². The summed E-state index contributed by atoms with van der Waals surface area (Å²) in [6, 6.07) is 7.63. The minimum absolute atomic E-state index is 0.121. The van der Waals surface area contributed by atoms with Crippen molar-refractivity contribution in [2.75, 3.05) is 32.9 Å². The van der Waals surface area contributed by atoms with Crippen LogP contribution in [0.2, 0.25) is 0 Å². The van der Waals surface area contributed by atoms with Crippen molar-refractivity contribution < 1.29 is 18.7 Å². The summed E-state index contributed by atoms with van der Waals surface area (Å²) in [6.45, 7) is 2.05. The minimum atomic E-state index is -0.391. The molecule has 1 aliphatic rings. The van der Waals surface area contributed by atoms with Gasteiger partial charge >= 0.3 is 0 Å². The molecule has 7 heteroatoms. The molecule has 25 heavy (non-hydrogen) atoms. The van der Waals surface area contributed by atoms with E-state index in [1.54, 1.807) is 23.2 Å². The highest BCUT2D eigenvalue weighted by atomic mass is 19.1. The lowest BCUT2D eigenvalue weighted by Gasteiger charge is -2.23. The maximum atomic E-state index is 13.2. The van der Waals surface area contributed by atoms with Gasteiger partial charge in [-0.25, -0.2) is 14.4 Å². The van der Waals surface area contributed by atoms with Crippen molar-refractivity contribution in [3.63, 3.8) is 0 Å². The quantitative estimate of drug-likeness (QED) is 0.825. The SMILES string of the molecule is O=C(COc1cccc(F)c1)N1CCOC[C@@H](Cc2ccncn2)C1. The fourth-order valence-corrected chi connectivity index (χ4v) is 2.76. The summed E-state index contributed by atoms with van der Waals surface area (Å²) < 4.78 is 24.2. The first kappa shape index (κ1) is 17.3. The van der Waals surface area contributed by atoms with Crippen molar-refractivity contribution in [3.8, 4) is 5.75 Å². The monoisotopic (exact) mass is 345 g/mol. The van der Waals surface area contributed by atoms with Gasteiger partial charge in [0.1, 0.15) is 17.9 Å². The highest BCUT2D eigenvalue weighted by Gasteiger charge is 2.23. The molecule has 132 valence electrons. The first-order chi connectivity index (χ1) is 12.2. The van der Waals surface area contributed by atoms with E-state index in [2.05, 4.69) is 9.97 Å². The minimum Gasteiger partial charge on any atom is -0.484 e. The molecule has 1 atom stereocenters. The molecule has 1 aromatic carbocycles. The summed E-state index contributed by atoms with van der Waals surface area (Å²) in [5.41, 5.74) is 0.925. The Morgan fingerprint density at radius 1 is 1.40 bits per heavy atom. The van der Waals surface area contributed by atoms with E-state index in [0.717, 1.165) is 12.1 Å². The number of nitrogens with zero attached hydrogens (tertiary/aromatic N) is 3. The molecule has 0 N–H and O–H groups in total. The van der Waals surface area contributed by atoms with Crippen LogP contribution in [0.1, 0.15) is 5.69 Å². The third kappa shape index (κ3) is 5.22. The summed E-state index contributed by atoms with van der Waals surface area (Å²) in [6.07, 6.45) is 3.94. The predicted octanol–water partition coefficient (Wildman–Crippen LogP) is 1.71. The fourth-order valence-electron chi connectivity index (χ4n) is 2.76. The van der Waals surface area contributed by atoms with Gasteiger partial charge in [-0.15, -0.1) is 0 Å². The number of aromatic nitrogens is 2. The summed E-state index contributed by atoms with van der Waals surface area (Å²) in [4.78, 5) is 22.3. The molecule has 2 aromatic rings. The van der Waals surface area contributed by atoms with E-state index in [9.17, 15) is 9.18 Å². The van der Waals surface area contributed by atoms with Crippen molar-refractivity contribution >= 4 is 5.91 Å². The van der Waals surface area contributed by atoms with Gasteiger partial charge in [0, 0.05) is 37.0 Å². The van der Waals surface area contributed by atoms with Crippen LogP contribution in [0.5, 0.6) is 5.75 Å². The first-order valence-electron chi connectivity index (χ1n) is 8.19. The third-order valence-corrected chi connectivity index (χ3v) is 3.99. The van der Waals surface area contributed by atoms with Crippen LogP contribution in [0.25, 0.3) is 0 Å². The van der Waals surface area contributed by atoms with E-state index in [-0.39, 0.29) is 18.4 Å². The molecule has 0 radical (unpaired) electrons. The van der Waals surface area contributed by atoms with E-state index >= 15 is 0 Å². The van der Waals surface area contributed by atoms with Gasteiger partial charge < -0.3 is 14.4 Å². The van der Waals surface area contributed by atoms with Crippen molar-refractivity contribution in [2.45, 2.75) is 6.42 Å². The number of hydrogen-bond acceptors (Lipinski definition) is 5. The van der Waals surface area contributed by atoms with Crippen LogP contribution in [0.15, 0.2) is 42.9 Å². The lowest BCUT2D eigenvalue weighted by atomic mass is 10.0. The number of rotatable bonds is 5. The highest BCUT2D eigenvalue weighted by molar-refractivity contribution is 5.77. The normalized spacial score (nSPS) is 17.8. The summed E-state index contributed by atoms with van der Waals surface area (Å²) in [7, 11) is 0. The molecule has 6 nitrogen and oxygen atoms in total. The van der Waals surface area contributed by atoms with E-state index in [0.29, 0.717) is 32.1 Å². The number of carbonyl (C=O) groups is 1. The van der Waals surface area contributed by atoms with Crippen LogP contribution in [0.4, 0.5) is 4.39 Å². The summed E-state index contributed by atoms with van der Waals surface area (Å²) in [5, 5.41) is 0. The van der Waals surface area contributed by atoms with Gasteiger partial charge in [-0.2, -0.15) is 0 Å². The summed E-state index contributed by atoms with van der Waals surface area (Å²) >= 11 is 0. The standard InChI is InChI=1S/C18H20FN3O3/c19-15-2-1-3-17(9-15)25-12-18(23)22-6-7-24-11-14(10-22)8-16-4-5-20-13-21-16/h1-5,9,13-14H,6-8,10-12H2/t14-/m0/s1. The van der Waals surface area contributed by atoms with Crippen molar-refractivity contribution in [1.29, 1.82) is 0 Å². The number of ether oxygens (including phenoxy) is 2. The zero-order valence-electron chi connectivity index (χ0n) is 13.8. The van der Waals surface area contributed by atoms with E-state index in [1.165, 1.54) is 18.5 Å². The van der Waals surface area contributed by atoms with E-state index in [4.69, 9.17) is 9.47 Å². The average Bonchev–Trinajstić information content (AvgIpc) is 2.86. The number of benzene rings is 1. The average molecular weight is 345 g/mol. The molecule has 0 spiro atoms. The molecule has 1 saturated heterocycles. The highest BCUT2D eigenvalue weighted by Crippen LogP contribution is 2.14. The van der Waals surface area contributed by atoms with Gasteiger partial charge in [0.2, 0.25) is 0 Å². The topological polar surface area (TPSA) is 64.5 Å². The van der Waals surface area contributed by atoms with Crippen LogP contribution in [0.3, 0.4) is 0 Å². The van der Waals surface area contributed by atoms with Crippen LogP contribution in [-0.4, -0.2) is 53.7 Å². The Hall–Kier alpha value is -2.54. The molecule has 0 unspecified atom stereocenters. The number of hydrogen-bond donors (Lipinski definition) is 0. The van der Waals surface area contributed by atoms with Crippen molar-refractivity contribution in [3.05, 3.63) is 54.4 Å². The second kappa shape index (κ2) is 8.53. The molecule has 1 fully saturated rings. The predicted molar refractivity (Wildman–Crippen MR) is 88.5 cm³/mol. The maximum Gasteiger partial charge on any atom is 0.260 e. The van der Waals surface area contributed by atoms with Gasteiger partial charge in [0.15, 0.2) is 6.61 Å². The van der Waals surface area contributed by atoms with Crippen LogP contribution in [0, 0.1) is 11.7 Å². The van der Waals surface area contributed by atoms with Gasteiger partial charge in [0.25, 0.3) is 5.91 Å². The molecule has 2 heterocycles. The Morgan fingerprint density at radius 3 is 3.12 bits per heavy atom. The second-order valence-electron chi connectivity index (χ2n) is 5.93. The van der Waals surface area contributed by atoms with Crippen LogP contribution >= 0.6 is 0 Å². The largest absolute Gasteiger partial charge is 0.484 e. The molecular weight excluding hydrogens is 325 g/mol. The smallest absolute Gasteiger partial charge is 0.260 e. The Balaban J connectivity index is 1.55. The van der Waals surface area contributed by atoms with E-state index in [1.807, 2.05) is 6.07 Å². The molecule has 0 aliphatic carbocycles. The molecule has 1 aromatic heterocycles. The Labute approximate surface area is 145 Å². The Bertz CT molecular complexity index is 699. The number of amides is 1. The fraction of sp³-hybridized carbons (Fsp3) is 0.389. The molecule has 0 saturated carbocycles. The lowest BCUT2D eigenvalue weighted by Crippen LogP contribution is -2.39. The van der Waals surface area contributed by atoms with Gasteiger partial charge in [-0.05, 0) is 24.6 Å². The van der Waals surface area contributed by atoms with Crippen LogP contribution in [-0.2, 0) is 16.0 Å². The molecule has 0 bridgehead atoms. The Morgan fingerprint density at radius 2 is 2.32 bits per heavy atom. The molecule has 3 rings (SSSR count). The summed E-state index contributed by atoms with van der Waals surface area (Å²) in [5.74, 6) is -0.0204. The second-order valence-corrected chi connectivity index (χ2v) is 5.93. The zero-order chi connectivity index (χ0) is 17.5.